The van der Waals surface area contributed by atoms with Crippen LogP contribution in [0.3, 0.4) is 0 Å². The molecule has 0 saturated carbocycles. The molecule has 0 fully saturated rings. The number of nitriles is 4. The normalized spacial score (nSPS) is 11.3. The summed E-state index contributed by atoms with van der Waals surface area (Å²) >= 11 is 0. The van der Waals surface area contributed by atoms with E-state index in [1.165, 1.54) is 30.3 Å². The number of hydrogen-bond acceptors (Lipinski definition) is 7. The van der Waals surface area contributed by atoms with Gasteiger partial charge < -0.3 is 5.32 Å². The summed E-state index contributed by atoms with van der Waals surface area (Å²) in [4.78, 5) is 31.0. The molecule has 0 aliphatic heterocycles. The largest absolute Gasteiger partial charge is 0.620 e. The highest BCUT2D eigenvalue weighted by Crippen LogP contribution is 2.30. The predicted molar refractivity (Wildman–Crippen MR) is 126 cm³/mol. The van der Waals surface area contributed by atoms with Gasteiger partial charge in [-0.3, -0.25) is 9.59 Å². The molecule has 2 aromatic rings. The number of benzene rings is 2. The second-order valence-corrected chi connectivity index (χ2v) is 7.71. The van der Waals surface area contributed by atoms with Crippen molar-refractivity contribution < 1.29 is 0 Å². The molecule has 0 bridgehead atoms. The second-order valence-electron chi connectivity index (χ2n) is 7.71. The number of hydrogen-bond donors (Lipinski definition) is 0. The molecule has 8 nitrogen and oxygen atoms in total. The fourth-order valence-electron chi connectivity index (χ4n) is 3.42. The van der Waals surface area contributed by atoms with E-state index in [1.807, 2.05) is 38.1 Å². The van der Waals surface area contributed by atoms with Gasteiger partial charge in [0.25, 0.3) is 5.43 Å². The quantitative estimate of drug-likeness (QED) is 0.396. The Balaban J connectivity index is 2.81. The number of rotatable bonds is 10. The highest BCUT2D eigenvalue weighted by Gasteiger charge is 2.45. The summed E-state index contributed by atoms with van der Waals surface area (Å²) in [6.07, 6.45) is 3.19. The van der Waals surface area contributed by atoms with Crippen molar-refractivity contribution in [3.63, 3.8) is 0 Å². The summed E-state index contributed by atoms with van der Waals surface area (Å²) in [6.45, 7) is 4.69. The molecule has 0 aliphatic carbocycles. The van der Waals surface area contributed by atoms with Crippen LogP contribution in [-0.4, -0.2) is 13.1 Å². The fourth-order valence-corrected chi connectivity index (χ4v) is 3.42. The summed E-state index contributed by atoms with van der Waals surface area (Å²) in [5.41, 5.74) is -3.78. The first-order valence-corrected chi connectivity index (χ1v) is 11.1. The van der Waals surface area contributed by atoms with Crippen LogP contribution in [0.1, 0.15) is 62.1 Å². The fraction of sp³-hybridized carbons (Fsp3) is 0.385. The van der Waals surface area contributed by atoms with E-state index in [-0.39, 0.29) is 16.6 Å². The molecular weight excluding hydrogens is 428 g/mol. The van der Waals surface area contributed by atoms with E-state index in [2.05, 4.69) is 10.3 Å². The third kappa shape index (κ3) is 5.15. The molecule has 34 heavy (non-hydrogen) atoms. The zero-order valence-electron chi connectivity index (χ0n) is 19.2. The maximum absolute atomic E-state index is 13.3. The molecule has 0 saturated heterocycles. The van der Waals surface area contributed by atoms with Crippen molar-refractivity contribution in [1.29, 1.82) is 21.0 Å². The Morgan fingerprint density at radius 1 is 0.971 bits per heavy atom. The van der Waals surface area contributed by atoms with Crippen molar-refractivity contribution in [2.75, 3.05) is 13.1 Å². The summed E-state index contributed by atoms with van der Waals surface area (Å²) in [7, 11) is 0. The van der Waals surface area contributed by atoms with E-state index in [0.717, 1.165) is 25.7 Å². The minimum Gasteiger partial charge on any atom is -0.620 e. The van der Waals surface area contributed by atoms with Crippen molar-refractivity contribution in [2.45, 2.75) is 50.9 Å². The lowest BCUT2D eigenvalue weighted by Crippen LogP contribution is -2.43. The van der Waals surface area contributed by atoms with Gasteiger partial charge in [-0.15, -0.1) is 6.54 Å². The predicted octanol–water partition coefficient (Wildman–Crippen LogP) is 3.53. The third-order valence-corrected chi connectivity index (χ3v) is 5.43. The molecule has 0 aromatic heterocycles. The van der Waals surface area contributed by atoms with Crippen LogP contribution in [0.15, 0.2) is 44.9 Å². The maximum atomic E-state index is 13.3. The van der Waals surface area contributed by atoms with Crippen LogP contribution in [0.5, 0.6) is 0 Å². The van der Waals surface area contributed by atoms with Gasteiger partial charge >= 0.3 is 5.43 Å². The van der Waals surface area contributed by atoms with Gasteiger partial charge in [-0.25, -0.2) is 4.99 Å². The molecule has 0 radical (unpaired) electrons. The topological polar surface area (TPSA) is 156 Å². The Kier molecular flexibility index (Phi) is 9.13. The molecule has 170 valence electrons. The molecule has 0 unspecified atom stereocenters. The van der Waals surface area contributed by atoms with Crippen molar-refractivity contribution in [2.24, 2.45) is 4.99 Å². The van der Waals surface area contributed by atoms with Crippen LogP contribution in [0.2, 0.25) is 0 Å². The zero-order chi connectivity index (χ0) is 25.1. The van der Waals surface area contributed by atoms with E-state index in [9.17, 15) is 20.1 Å². The van der Waals surface area contributed by atoms with E-state index >= 15 is 0 Å². The summed E-state index contributed by atoms with van der Waals surface area (Å²) in [5, 5.41) is 42.7. The van der Waals surface area contributed by atoms with E-state index in [1.54, 1.807) is 0 Å². The molecule has 0 atom stereocenters. The van der Waals surface area contributed by atoms with Crippen molar-refractivity contribution >= 4 is 5.69 Å². The summed E-state index contributed by atoms with van der Waals surface area (Å²) in [6, 6.07) is 14.4. The molecular formula is C26H24N6O2. The Morgan fingerprint density at radius 3 is 2.12 bits per heavy atom. The SMILES string of the molecule is CCCCN=c1cc([N-]CCCC)c(=O)[c+](C(C#N)(C#N)c2ccc(C(C#N)C#N)cc2)c1=O. The number of unbranched alkanes of at least 4 members (excludes halogenated alkanes) is 2. The monoisotopic (exact) mass is 452 g/mol. The third-order valence-electron chi connectivity index (χ3n) is 5.43. The standard InChI is InChI=1S/C26H24N6O2/c1-3-5-11-31-21-13-22(32-12-6-4-2)25(34)23(24(21)33)26(16-29,17-30)20-9-7-18(8-10-20)19(14-27)15-28/h7-10,13,19H,3-6,11-12H2,1-2H3. The van der Waals surface area contributed by atoms with Crippen molar-refractivity contribution in [3.8, 4) is 24.3 Å². The Hall–Kier alpha value is -4.40. The molecule has 0 spiro atoms. The maximum Gasteiger partial charge on any atom is 0.320 e. The van der Waals surface area contributed by atoms with Crippen LogP contribution >= 0.6 is 0 Å². The van der Waals surface area contributed by atoms with Crippen molar-refractivity contribution in [3.05, 3.63) is 78.1 Å². The van der Waals surface area contributed by atoms with Gasteiger partial charge in [-0.1, -0.05) is 57.4 Å². The molecule has 2 aromatic carbocycles. The molecule has 2 rings (SSSR count). The van der Waals surface area contributed by atoms with Crippen LogP contribution in [-0.2, 0) is 5.41 Å². The van der Waals surface area contributed by atoms with Crippen LogP contribution in [0.25, 0.3) is 5.32 Å². The highest BCUT2D eigenvalue weighted by molar-refractivity contribution is 5.59. The minimum absolute atomic E-state index is 0.00109. The molecule has 0 heterocycles. The highest BCUT2D eigenvalue weighted by atomic mass is 16.1. The van der Waals surface area contributed by atoms with Gasteiger partial charge in [0.15, 0.2) is 11.5 Å². The number of nitrogens with zero attached hydrogens (tertiary/aromatic N) is 6. The lowest BCUT2D eigenvalue weighted by atomic mass is 9.76. The first-order valence-electron chi connectivity index (χ1n) is 11.1. The lowest BCUT2D eigenvalue weighted by Gasteiger charge is -2.18. The van der Waals surface area contributed by atoms with Gasteiger partial charge in [-0.05, 0) is 12.0 Å². The Labute approximate surface area is 198 Å². The van der Waals surface area contributed by atoms with Crippen molar-refractivity contribution in [1.82, 2.24) is 0 Å². The van der Waals surface area contributed by atoms with Gasteiger partial charge in [-0.2, -0.15) is 21.0 Å². The summed E-state index contributed by atoms with van der Waals surface area (Å²) in [5.74, 6) is -1.03. The smallest absolute Gasteiger partial charge is 0.320 e. The Morgan fingerprint density at radius 2 is 1.59 bits per heavy atom. The van der Waals surface area contributed by atoms with E-state index in [4.69, 9.17) is 10.5 Å². The van der Waals surface area contributed by atoms with Gasteiger partial charge in [0.2, 0.25) is 10.8 Å². The van der Waals surface area contributed by atoms with E-state index < -0.39 is 27.8 Å². The molecule has 0 N–H and O–H groups in total. The van der Waals surface area contributed by atoms with Gasteiger partial charge in [0, 0.05) is 11.3 Å². The first-order chi connectivity index (χ1) is 16.4. The average molecular weight is 453 g/mol. The average Bonchev–Trinajstić information content (AvgIpc) is 2.86. The van der Waals surface area contributed by atoms with E-state index in [0.29, 0.717) is 18.7 Å². The first kappa shape index (κ1) is 25.9. The van der Waals surface area contributed by atoms with Crippen LogP contribution in [0, 0.1) is 45.3 Å². The second kappa shape index (κ2) is 12.0. The van der Waals surface area contributed by atoms with Gasteiger partial charge in [0.05, 0.1) is 24.7 Å². The lowest BCUT2D eigenvalue weighted by molar-refractivity contribution is 0.785. The summed E-state index contributed by atoms with van der Waals surface area (Å²) < 4.78 is 0. The van der Waals surface area contributed by atoms with Crippen LogP contribution in [0.4, 0.5) is 5.69 Å². The molecule has 0 aliphatic rings. The van der Waals surface area contributed by atoms with Crippen LogP contribution < -0.4 is 16.2 Å². The molecule has 8 heteroatoms. The zero-order valence-corrected chi connectivity index (χ0v) is 19.2. The minimum atomic E-state index is -2.20. The Bertz CT molecular complexity index is 1320. The van der Waals surface area contributed by atoms with Gasteiger partial charge in [0.1, 0.15) is 12.1 Å². The molecule has 0 amide bonds.